The Morgan fingerprint density at radius 1 is 0.538 bits per heavy atom. The van der Waals surface area contributed by atoms with E-state index in [1.54, 1.807) is 0 Å². The molecule has 0 spiro atoms. The molecule has 0 rings (SSSR count). The molecule has 0 aromatic rings. The number of hydrogen-bond acceptors (Lipinski definition) is 12. The van der Waals surface area contributed by atoms with Gasteiger partial charge in [0.2, 0.25) is 0 Å². The van der Waals surface area contributed by atoms with Crippen LogP contribution < -0.4 is 0 Å². The van der Waals surface area contributed by atoms with Gasteiger partial charge in [0.15, 0.2) is 0 Å². The molecule has 0 aliphatic heterocycles. The Hall–Kier alpha value is -0.360. The lowest BCUT2D eigenvalue weighted by Crippen LogP contribution is -2.40. The van der Waals surface area contributed by atoms with Crippen molar-refractivity contribution in [2.45, 2.75) is 6.42 Å². The highest BCUT2D eigenvalue weighted by Gasteiger charge is 2.36. The van der Waals surface area contributed by atoms with Gasteiger partial charge in [-0.3, -0.25) is 16.7 Å². The van der Waals surface area contributed by atoms with Gasteiger partial charge >= 0.3 is 0 Å². The summed E-state index contributed by atoms with van der Waals surface area (Å²) in [4.78, 5) is 0. The second kappa shape index (κ2) is 9.22. The zero-order valence-electron chi connectivity index (χ0n) is 14.6. The van der Waals surface area contributed by atoms with Crippen molar-refractivity contribution in [2.24, 2.45) is 5.41 Å². The van der Waals surface area contributed by atoms with Crippen molar-refractivity contribution >= 4 is 40.5 Å². The van der Waals surface area contributed by atoms with Crippen LogP contribution in [0, 0.1) is 5.41 Å². The van der Waals surface area contributed by atoms with Gasteiger partial charge in [-0.25, -0.2) is 0 Å². The summed E-state index contributed by atoms with van der Waals surface area (Å²) in [5.41, 5.74) is -1.65. The van der Waals surface area contributed by atoms with E-state index in [2.05, 4.69) is 16.7 Å². The minimum Gasteiger partial charge on any atom is -0.270 e. The van der Waals surface area contributed by atoms with Gasteiger partial charge in [0.25, 0.3) is 40.5 Å². The minimum atomic E-state index is -3.99. The molecule has 0 saturated carbocycles. The standard InChI is InChI=1S/C10H22O12S4/c1-23(11,12)19-6-5-10(7-20-24(2,13)14,8-21-25(3,15)16)9-22-26(4,17)18/h5-9H2,1-4H3. The largest absolute Gasteiger partial charge is 0.270 e. The van der Waals surface area contributed by atoms with Crippen LogP contribution in [0.3, 0.4) is 0 Å². The first-order chi connectivity index (χ1) is 11.3. The highest BCUT2D eigenvalue weighted by molar-refractivity contribution is 7.86. The van der Waals surface area contributed by atoms with Gasteiger partial charge in [-0.2, -0.15) is 33.7 Å². The summed E-state index contributed by atoms with van der Waals surface area (Å²) in [7, 11) is -15.8. The molecule has 158 valence electrons. The molecule has 0 bridgehead atoms. The second-order valence-electron chi connectivity index (χ2n) is 5.68. The first-order valence-electron chi connectivity index (χ1n) is 6.70. The van der Waals surface area contributed by atoms with E-state index in [9.17, 15) is 33.7 Å². The summed E-state index contributed by atoms with van der Waals surface area (Å²) in [5, 5.41) is 0. The highest BCUT2D eigenvalue weighted by Crippen LogP contribution is 2.27. The fourth-order valence-electron chi connectivity index (χ4n) is 1.45. The summed E-state index contributed by atoms with van der Waals surface area (Å²) < 4.78 is 108. The average Bonchev–Trinajstić information content (AvgIpc) is 2.36. The topological polar surface area (TPSA) is 173 Å². The van der Waals surface area contributed by atoms with Crippen LogP contribution in [0.1, 0.15) is 6.42 Å². The van der Waals surface area contributed by atoms with Gasteiger partial charge in [0.05, 0.1) is 51.5 Å². The molecule has 0 heterocycles. The molecule has 0 N–H and O–H groups in total. The maximum atomic E-state index is 11.2. The molecule has 0 radical (unpaired) electrons. The predicted molar refractivity (Wildman–Crippen MR) is 90.2 cm³/mol. The van der Waals surface area contributed by atoms with Crippen LogP contribution in [0.4, 0.5) is 0 Å². The Bertz CT molecular complexity index is 778. The zero-order valence-corrected chi connectivity index (χ0v) is 17.8. The van der Waals surface area contributed by atoms with Crippen LogP contribution in [0.2, 0.25) is 0 Å². The van der Waals surface area contributed by atoms with E-state index in [1.165, 1.54) is 0 Å². The molecule has 0 saturated heterocycles. The highest BCUT2D eigenvalue weighted by atomic mass is 32.2. The van der Waals surface area contributed by atoms with Crippen LogP contribution in [-0.2, 0) is 57.2 Å². The molecule has 0 aliphatic rings. The number of hydrogen-bond donors (Lipinski definition) is 0. The summed E-state index contributed by atoms with van der Waals surface area (Å²) in [6.07, 6.45) is 2.58. The first-order valence-corrected chi connectivity index (χ1v) is 14.0. The van der Waals surface area contributed by atoms with Crippen molar-refractivity contribution in [3.05, 3.63) is 0 Å². The SMILES string of the molecule is CS(=O)(=O)OCCC(COS(C)(=O)=O)(COS(C)(=O)=O)COS(C)(=O)=O. The molecule has 16 heteroatoms. The molecular formula is C10H22O12S4. The van der Waals surface area contributed by atoms with E-state index in [4.69, 9.17) is 0 Å². The van der Waals surface area contributed by atoms with E-state index >= 15 is 0 Å². The minimum absolute atomic E-state index is 0.347. The molecule has 26 heavy (non-hydrogen) atoms. The van der Waals surface area contributed by atoms with Crippen LogP contribution in [-0.4, -0.2) is 85.1 Å². The Morgan fingerprint density at radius 2 is 0.808 bits per heavy atom. The van der Waals surface area contributed by atoms with Crippen molar-refractivity contribution in [1.29, 1.82) is 0 Å². The van der Waals surface area contributed by atoms with Crippen molar-refractivity contribution in [2.75, 3.05) is 51.5 Å². The second-order valence-corrected chi connectivity index (χ2v) is 12.3. The lowest BCUT2D eigenvalue weighted by Gasteiger charge is -2.31. The Morgan fingerprint density at radius 3 is 1.04 bits per heavy atom. The van der Waals surface area contributed by atoms with E-state index in [-0.39, 0.29) is 6.42 Å². The first kappa shape index (κ1) is 25.6. The van der Waals surface area contributed by atoms with Gasteiger partial charge in [-0.15, -0.1) is 0 Å². The maximum Gasteiger partial charge on any atom is 0.264 e. The van der Waals surface area contributed by atoms with E-state index in [1.807, 2.05) is 0 Å². The number of rotatable bonds is 13. The molecule has 0 amide bonds. The van der Waals surface area contributed by atoms with Gasteiger partial charge in [0, 0.05) is 5.41 Å². The third-order valence-corrected chi connectivity index (χ3v) is 4.90. The molecule has 0 aromatic heterocycles. The van der Waals surface area contributed by atoms with Crippen LogP contribution in [0.25, 0.3) is 0 Å². The van der Waals surface area contributed by atoms with Crippen molar-refractivity contribution in [3.63, 3.8) is 0 Å². The normalized spacial score (nSPS) is 14.5. The van der Waals surface area contributed by atoms with Crippen molar-refractivity contribution in [1.82, 2.24) is 0 Å². The Balaban J connectivity index is 5.61. The quantitative estimate of drug-likeness (QED) is 0.283. The van der Waals surface area contributed by atoms with Gasteiger partial charge in [-0.05, 0) is 6.42 Å². The average molecular weight is 463 g/mol. The molecule has 0 aromatic carbocycles. The molecule has 0 fully saturated rings. The molecule has 0 aliphatic carbocycles. The summed E-state index contributed by atoms with van der Waals surface area (Å²) in [6, 6.07) is 0. The van der Waals surface area contributed by atoms with Crippen LogP contribution in [0.5, 0.6) is 0 Å². The molecule has 0 atom stereocenters. The van der Waals surface area contributed by atoms with Gasteiger partial charge in [0.1, 0.15) is 0 Å². The van der Waals surface area contributed by atoms with Gasteiger partial charge < -0.3 is 0 Å². The Kier molecular flexibility index (Phi) is 9.10. The van der Waals surface area contributed by atoms with E-state index in [0.717, 1.165) is 25.0 Å². The zero-order chi connectivity index (χ0) is 20.9. The third-order valence-electron chi connectivity index (χ3n) is 2.67. The molecule has 0 unspecified atom stereocenters. The summed E-state index contributed by atoms with van der Waals surface area (Å²) >= 11 is 0. The Labute approximate surface area is 154 Å². The molecular weight excluding hydrogens is 440 g/mol. The maximum absolute atomic E-state index is 11.2. The fraction of sp³-hybridized carbons (Fsp3) is 1.00. The summed E-state index contributed by atoms with van der Waals surface area (Å²) in [6.45, 7) is -2.72. The smallest absolute Gasteiger partial charge is 0.264 e. The van der Waals surface area contributed by atoms with Crippen molar-refractivity contribution < 1.29 is 50.4 Å². The van der Waals surface area contributed by atoms with Crippen LogP contribution >= 0.6 is 0 Å². The van der Waals surface area contributed by atoms with E-state index in [0.29, 0.717) is 0 Å². The third kappa shape index (κ3) is 14.8. The van der Waals surface area contributed by atoms with Crippen molar-refractivity contribution in [3.8, 4) is 0 Å². The van der Waals surface area contributed by atoms with Gasteiger partial charge in [-0.1, -0.05) is 0 Å². The fourth-order valence-corrected chi connectivity index (χ4v) is 3.23. The molecule has 12 nitrogen and oxygen atoms in total. The lowest BCUT2D eigenvalue weighted by molar-refractivity contribution is 0.0234. The summed E-state index contributed by atoms with van der Waals surface area (Å²) in [5.74, 6) is 0. The lowest BCUT2D eigenvalue weighted by atomic mass is 9.88. The van der Waals surface area contributed by atoms with E-state index < -0.39 is 72.3 Å². The predicted octanol–water partition coefficient (Wildman–Crippen LogP) is -1.73. The monoisotopic (exact) mass is 462 g/mol. The van der Waals surface area contributed by atoms with Crippen LogP contribution in [0.15, 0.2) is 0 Å².